The van der Waals surface area contributed by atoms with Gasteiger partial charge in [-0.15, -0.1) is 0 Å². The highest BCUT2D eigenvalue weighted by molar-refractivity contribution is 5.12. The fourth-order valence-corrected chi connectivity index (χ4v) is 9.03. The molecule has 4 heteroatoms. The number of aliphatic hydroxyl groups excluding tert-OH is 2. The first-order valence-corrected chi connectivity index (χ1v) is 11.9. The van der Waals surface area contributed by atoms with Crippen molar-refractivity contribution in [2.24, 2.45) is 46.3 Å². The van der Waals surface area contributed by atoms with Crippen molar-refractivity contribution in [3.8, 4) is 0 Å². The van der Waals surface area contributed by atoms with Crippen LogP contribution in [-0.4, -0.2) is 41.9 Å². The van der Waals surface area contributed by atoms with Crippen LogP contribution >= 0.6 is 0 Å². The molecular weight excluding hydrogens is 352 g/mol. The second kappa shape index (κ2) is 6.67. The Labute approximate surface area is 170 Å². The van der Waals surface area contributed by atoms with Crippen molar-refractivity contribution in [1.82, 2.24) is 0 Å². The van der Waals surface area contributed by atoms with Gasteiger partial charge in [0.2, 0.25) is 0 Å². The largest absolute Gasteiger partial charge is 0.396 e. The molecule has 0 bridgehead atoms. The van der Waals surface area contributed by atoms with Crippen LogP contribution in [0.25, 0.3) is 0 Å². The maximum absolute atomic E-state index is 11.4. The number of ether oxygens (including phenoxy) is 2. The van der Waals surface area contributed by atoms with E-state index in [1.165, 1.54) is 32.1 Å². The molecule has 4 saturated carbocycles. The van der Waals surface area contributed by atoms with Crippen LogP contribution in [0.2, 0.25) is 0 Å². The molecule has 4 aliphatic carbocycles. The normalized spacial score (nSPS) is 53.5. The quantitative estimate of drug-likeness (QED) is 0.746. The molecule has 0 aromatic carbocycles. The highest BCUT2D eigenvalue weighted by atomic mass is 16.7. The van der Waals surface area contributed by atoms with Crippen LogP contribution in [0.1, 0.15) is 72.1 Å². The average molecular weight is 393 g/mol. The van der Waals surface area contributed by atoms with Gasteiger partial charge in [0.05, 0.1) is 19.3 Å². The Morgan fingerprint density at radius 1 is 0.964 bits per heavy atom. The minimum absolute atomic E-state index is 0.188. The van der Waals surface area contributed by atoms with E-state index in [2.05, 4.69) is 20.8 Å². The van der Waals surface area contributed by atoms with Gasteiger partial charge in [0.25, 0.3) is 0 Å². The summed E-state index contributed by atoms with van der Waals surface area (Å²) in [5.41, 5.74) is 0.605. The van der Waals surface area contributed by atoms with Crippen molar-refractivity contribution in [2.75, 3.05) is 19.8 Å². The van der Waals surface area contributed by atoms with Gasteiger partial charge in [-0.05, 0) is 84.9 Å². The fraction of sp³-hybridized carbons (Fsp3) is 1.00. The number of fused-ring (bicyclic) bond motifs is 5. The summed E-state index contributed by atoms with van der Waals surface area (Å²) >= 11 is 0. The first-order chi connectivity index (χ1) is 13.3. The third kappa shape index (κ3) is 2.63. The molecule has 5 rings (SSSR count). The summed E-state index contributed by atoms with van der Waals surface area (Å²) in [7, 11) is 0. The van der Waals surface area contributed by atoms with Gasteiger partial charge >= 0.3 is 0 Å². The number of hydrogen-bond acceptors (Lipinski definition) is 4. The molecule has 0 amide bonds. The van der Waals surface area contributed by atoms with Gasteiger partial charge in [-0.2, -0.15) is 0 Å². The fourth-order valence-electron chi connectivity index (χ4n) is 9.03. The Morgan fingerprint density at radius 3 is 2.39 bits per heavy atom. The molecule has 5 aliphatic rings. The Morgan fingerprint density at radius 2 is 1.68 bits per heavy atom. The minimum Gasteiger partial charge on any atom is -0.396 e. The Bertz CT molecular complexity index is 601. The Kier molecular flexibility index (Phi) is 4.71. The predicted molar refractivity (Wildman–Crippen MR) is 107 cm³/mol. The lowest BCUT2D eigenvalue weighted by atomic mass is 9.43. The highest BCUT2D eigenvalue weighted by Crippen LogP contribution is 2.69. The lowest BCUT2D eigenvalue weighted by molar-refractivity contribution is -0.243. The Hall–Kier alpha value is -0.160. The molecule has 0 aromatic heterocycles. The molecule has 160 valence electrons. The lowest BCUT2D eigenvalue weighted by Crippen LogP contribution is -2.60. The van der Waals surface area contributed by atoms with Crippen LogP contribution < -0.4 is 0 Å². The Balaban J connectivity index is 1.42. The van der Waals surface area contributed by atoms with Gasteiger partial charge in [-0.1, -0.05) is 20.8 Å². The van der Waals surface area contributed by atoms with Gasteiger partial charge in [-0.3, -0.25) is 0 Å². The molecule has 0 aromatic rings. The van der Waals surface area contributed by atoms with Crippen molar-refractivity contribution < 1.29 is 19.7 Å². The number of rotatable bonds is 2. The lowest BCUT2D eigenvalue weighted by Gasteiger charge is -2.63. The summed E-state index contributed by atoms with van der Waals surface area (Å²) < 4.78 is 12.1. The molecule has 4 nitrogen and oxygen atoms in total. The SMILES string of the molecule is C[C@H](CO)C1CCC2C3C(CC[C@@]21C)[C@@]1(C)CCC2(CC1C[C@H]3O)OCCO2. The smallest absolute Gasteiger partial charge is 0.168 e. The summed E-state index contributed by atoms with van der Waals surface area (Å²) in [5.74, 6) is 2.82. The summed E-state index contributed by atoms with van der Waals surface area (Å²) in [5, 5.41) is 21.2. The van der Waals surface area contributed by atoms with E-state index in [9.17, 15) is 10.2 Å². The van der Waals surface area contributed by atoms with Gasteiger partial charge < -0.3 is 19.7 Å². The molecule has 1 heterocycles. The minimum atomic E-state index is -0.352. The molecule has 5 unspecified atom stereocenters. The zero-order valence-electron chi connectivity index (χ0n) is 18.0. The van der Waals surface area contributed by atoms with Crippen molar-refractivity contribution in [3.63, 3.8) is 0 Å². The molecule has 5 fully saturated rings. The van der Waals surface area contributed by atoms with Crippen molar-refractivity contribution in [1.29, 1.82) is 0 Å². The van der Waals surface area contributed by atoms with Crippen LogP contribution in [0, 0.1) is 46.3 Å². The molecule has 1 saturated heterocycles. The monoisotopic (exact) mass is 392 g/mol. The van der Waals surface area contributed by atoms with E-state index < -0.39 is 0 Å². The van der Waals surface area contributed by atoms with E-state index in [1.807, 2.05) is 0 Å². The zero-order valence-corrected chi connectivity index (χ0v) is 18.0. The number of aliphatic hydroxyl groups is 2. The van der Waals surface area contributed by atoms with Crippen LogP contribution in [0.3, 0.4) is 0 Å². The molecule has 28 heavy (non-hydrogen) atoms. The van der Waals surface area contributed by atoms with Crippen molar-refractivity contribution in [2.45, 2.75) is 84.0 Å². The molecule has 9 atom stereocenters. The molecule has 2 N–H and O–H groups in total. The molecule has 0 radical (unpaired) electrons. The summed E-state index contributed by atoms with van der Waals surface area (Å²) in [6, 6.07) is 0. The maximum atomic E-state index is 11.4. The van der Waals surface area contributed by atoms with Crippen LogP contribution in [0.5, 0.6) is 0 Å². The van der Waals surface area contributed by atoms with Gasteiger partial charge in [0.15, 0.2) is 5.79 Å². The number of hydrogen-bond donors (Lipinski definition) is 2. The average Bonchev–Trinajstić information content (AvgIpc) is 3.27. The third-order valence-corrected chi connectivity index (χ3v) is 10.5. The van der Waals surface area contributed by atoms with Crippen LogP contribution in [0.15, 0.2) is 0 Å². The van der Waals surface area contributed by atoms with E-state index in [-0.39, 0.29) is 11.9 Å². The van der Waals surface area contributed by atoms with Gasteiger partial charge in [0, 0.05) is 19.4 Å². The topological polar surface area (TPSA) is 58.9 Å². The highest BCUT2D eigenvalue weighted by Gasteiger charge is 2.64. The van der Waals surface area contributed by atoms with E-state index in [1.54, 1.807) is 0 Å². The first kappa shape index (κ1) is 19.8. The predicted octanol–water partition coefficient (Wildman–Crippen LogP) is 3.99. The molecule has 1 spiro atoms. The van der Waals surface area contributed by atoms with E-state index in [0.29, 0.717) is 52.9 Å². The summed E-state index contributed by atoms with van der Waals surface area (Å²) in [6.45, 7) is 8.97. The van der Waals surface area contributed by atoms with E-state index >= 15 is 0 Å². The van der Waals surface area contributed by atoms with Crippen molar-refractivity contribution in [3.05, 3.63) is 0 Å². The van der Waals surface area contributed by atoms with Gasteiger partial charge in [0.1, 0.15) is 0 Å². The van der Waals surface area contributed by atoms with Crippen LogP contribution in [-0.2, 0) is 9.47 Å². The second-order valence-corrected chi connectivity index (χ2v) is 11.5. The molecule has 1 aliphatic heterocycles. The first-order valence-electron chi connectivity index (χ1n) is 11.9. The summed E-state index contributed by atoms with van der Waals surface area (Å²) in [6.07, 6.45) is 8.86. The van der Waals surface area contributed by atoms with Crippen LogP contribution in [0.4, 0.5) is 0 Å². The van der Waals surface area contributed by atoms with Gasteiger partial charge in [-0.25, -0.2) is 0 Å². The maximum Gasteiger partial charge on any atom is 0.168 e. The van der Waals surface area contributed by atoms with Crippen molar-refractivity contribution >= 4 is 0 Å². The third-order valence-electron chi connectivity index (χ3n) is 10.5. The zero-order chi connectivity index (χ0) is 19.7. The van der Waals surface area contributed by atoms with E-state index in [4.69, 9.17) is 9.47 Å². The second-order valence-electron chi connectivity index (χ2n) is 11.5. The standard InChI is InChI=1S/C24H40O4/c1-15(14-25)17-4-5-18-21-19(6-7-23(17,18)3)22(2)8-9-24(27-10-11-28-24)13-16(22)12-20(21)26/h15-21,25-26H,4-14H2,1-3H3/t15-,16?,17?,18?,19?,20-,21?,22+,23-/m1/s1. The van der Waals surface area contributed by atoms with E-state index in [0.717, 1.165) is 32.5 Å². The summed E-state index contributed by atoms with van der Waals surface area (Å²) in [4.78, 5) is 0. The molecular formula is C24H40O4.